The highest BCUT2D eigenvalue weighted by Gasteiger charge is 2.58. The third-order valence-electron chi connectivity index (χ3n) is 5.74. The van der Waals surface area contributed by atoms with Crippen LogP contribution in [0.5, 0.6) is 0 Å². The van der Waals surface area contributed by atoms with Gasteiger partial charge in [0.1, 0.15) is 5.60 Å². The second kappa shape index (κ2) is 7.96. The lowest BCUT2D eigenvalue weighted by Gasteiger charge is -2.37. The summed E-state index contributed by atoms with van der Waals surface area (Å²) < 4.78 is 18.5. The van der Waals surface area contributed by atoms with E-state index in [0.29, 0.717) is 17.1 Å². The molecule has 2 saturated heterocycles. The van der Waals surface area contributed by atoms with E-state index in [1.807, 2.05) is 30.0 Å². The molecule has 0 aliphatic carbocycles. The first-order chi connectivity index (χ1) is 14.3. The number of rotatable bonds is 7. The standard InChI is InChI=1S/C25H24O3S/c1-26-24-23-22(29-23)21(28-24)17-27-25(18-11-5-2-6-12-18,19-13-7-3-8-14-19)20-15-9-4-10-16-20/h2-16,21-24H,17H2,1H3/t21-,22-,23-,24-/m1/s1. The van der Waals surface area contributed by atoms with E-state index in [9.17, 15) is 0 Å². The molecule has 0 N–H and O–H groups in total. The summed E-state index contributed by atoms with van der Waals surface area (Å²) in [6, 6.07) is 31.4. The van der Waals surface area contributed by atoms with E-state index in [-0.39, 0.29) is 12.4 Å². The third kappa shape index (κ3) is 3.40. The molecule has 4 atom stereocenters. The van der Waals surface area contributed by atoms with Gasteiger partial charge in [0.15, 0.2) is 6.29 Å². The number of hydrogen-bond acceptors (Lipinski definition) is 4. The zero-order chi connectivity index (χ0) is 19.7. The molecule has 0 amide bonds. The van der Waals surface area contributed by atoms with Crippen LogP contribution < -0.4 is 0 Å². The summed E-state index contributed by atoms with van der Waals surface area (Å²) >= 11 is 1.93. The number of ether oxygens (including phenoxy) is 3. The molecule has 29 heavy (non-hydrogen) atoms. The number of methoxy groups -OCH3 is 1. The topological polar surface area (TPSA) is 27.7 Å². The molecule has 0 saturated carbocycles. The molecule has 0 spiro atoms. The predicted octanol–water partition coefficient (Wildman–Crippen LogP) is 4.85. The Kier molecular flexibility index (Phi) is 5.18. The maximum absolute atomic E-state index is 6.87. The minimum Gasteiger partial charge on any atom is -0.358 e. The van der Waals surface area contributed by atoms with Crippen LogP contribution in [0.2, 0.25) is 0 Å². The monoisotopic (exact) mass is 404 g/mol. The third-order valence-corrected chi connectivity index (χ3v) is 7.17. The lowest BCUT2D eigenvalue weighted by molar-refractivity contribution is -0.138. The summed E-state index contributed by atoms with van der Waals surface area (Å²) in [4.78, 5) is 0. The first-order valence-corrected chi connectivity index (χ1v) is 10.9. The van der Waals surface area contributed by atoms with Gasteiger partial charge in [-0.3, -0.25) is 0 Å². The van der Waals surface area contributed by atoms with E-state index in [0.717, 1.165) is 16.7 Å². The van der Waals surface area contributed by atoms with Gasteiger partial charge in [-0.1, -0.05) is 91.0 Å². The Bertz CT molecular complexity index is 835. The van der Waals surface area contributed by atoms with Crippen molar-refractivity contribution in [1.82, 2.24) is 0 Å². The summed E-state index contributed by atoms with van der Waals surface area (Å²) in [5.41, 5.74) is 2.63. The van der Waals surface area contributed by atoms with E-state index in [1.165, 1.54) is 0 Å². The Morgan fingerprint density at radius 2 is 1.24 bits per heavy atom. The fraction of sp³-hybridized carbons (Fsp3) is 0.280. The number of benzene rings is 3. The SMILES string of the molecule is CO[C@@H]1O[C@H](COC(c2ccccc2)(c2ccccc2)c2ccccc2)[C@H]2S[C@@H]12. The molecule has 3 aromatic carbocycles. The first-order valence-electron chi connectivity index (χ1n) is 9.97. The second-order valence-corrected chi connectivity index (χ2v) is 8.80. The zero-order valence-electron chi connectivity index (χ0n) is 16.3. The fourth-order valence-electron chi connectivity index (χ4n) is 4.28. The molecule has 5 rings (SSSR count). The van der Waals surface area contributed by atoms with Gasteiger partial charge in [0, 0.05) is 7.11 Å². The highest BCUT2D eigenvalue weighted by molar-refractivity contribution is 8.07. The molecule has 0 unspecified atom stereocenters. The van der Waals surface area contributed by atoms with Crippen LogP contribution >= 0.6 is 11.8 Å². The van der Waals surface area contributed by atoms with Gasteiger partial charge in [0.2, 0.25) is 0 Å². The van der Waals surface area contributed by atoms with Gasteiger partial charge in [-0.05, 0) is 16.7 Å². The van der Waals surface area contributed by atoms with Gasteiger partial charge in [-0.15, -0.1) is 11.8 Å². The Hall–Kier alpha value is -2.11. The maximum atomic E-state index is 6.87. The molecule has 0 bridgehead atoms. The predicted molar refractivity (Wildman–Crippen MR) is 116 cm³/mol. The lowest BCUT2D eigenvalue weighted by Crippen LogP contribution is -2.37. The van der Waals surface area contributed by atoms with Gasteiger partial charge in [0.05, 0.1) is 23.2 Å². The molecule has 3 aromatic rings. The van der Waals surface area contributed by atoms with Crippen LogP contribution in [-0.4, -0.2) is 36.6 Å². The molecule has 2 aliphatic heterocycles. The first kappa shape index (κ1) is 18.9. The van der Waals surface area contributed by atoms with E-state index in [1.54, 1.807) is 7.11 Å². The normalized spacial score (nSPS) is 25.6. The van der Waals surface area contributed by atoms with Crippen LogP contribution in [0.1, 0.15) is 16.7 Å². The molecule has 0 aromatic heterocycles. The van der Waals surface area contributed by atoms with Crippen molar-refractivity contribution in [2.45, 2.75) is 28.5 Å². The Labute approximate surface area is 176 Å². The number of thioether (sulfide) groups is 1. The lowest BCUT2D eigenvalue weighted by atomic mass is 9.80. The van der Waals surface area contributed by atoms with E-state index in [2.05, 4.69) is 72.8 Å². The summed E-state index contributed by atoms with van der Waals surface area (Å²) in [5.74, 6) is 0. The average molecular weight is 405 g/mol. The van der Waals surface area contributed by atoms with Crippen LogP contribution in [-0.2, 0) is 19.8 Å². The fourth-order valence-corrected chi connectivity index (χ4v) is 5.48. The minimum atomic E-state index is -0.701. The van der Waals surface area contributed by atoms with Crippen LogP contribution in [0.15, 0.2) is 91.0 Å². The average Bonchev–Trinajstić information content (AvgIpc) is 3.52. The highest BCUT2D eigenvalue weighted by Crippen LogP contribution is 2.54. The van der Waals surface area contributed by atoms with Crippen molar-refractivity contribution in [3.63, 3.8) is 0 Å². The Morgan fingerprint density at radius 1 is 0.759 bits per heavy atom. The van der Waals surface area contributed by atoms with Crippen molar-refractivity contribution in [3.05, 3.63) is 108 Å². The summed E-state index contributed by atoms with van der Waals surface area (Å²) in [5, 5.41) is 0.896. The molecule has 3 nitrogen and oxygen atoms in total. The molecule has 2 heterocycles. The largest absolute Gasteiger partial charge is 0.358 e. The van der Waals surface area contributed by atoms with Crippen LogP contribution in [0.3, 0.4) is 0 Å². The van der Waals surface area contributed by atoms with Crippen molar-refractivity contribution in [2.24, 2.45) is 0 Å². The summed E-state index contributed by atoms with van der Waals surface area (Å²) in [6.45, 7) is 0.507. The smallest absolute Gasteiger partial charge is 0.170 e. The van der Waals surface area contributed by atoms with Crippen LogP contribution in [0.25, 0.3) is 0 Å². The quantitative estimate of drug-likeness (QED) is 0.416. The summed E-state index contributed by atoms with van der Waals surface area (Å²) in [7, 11) is 1.71. The molecular formula is C25H24O3S. The van der Waals surface area contributed by atoms with Gasteiger partial charge in [-0.2, -0.15) is 0 Å². The van der Waals surface area contributed by atoms with E-state index >= 15 is 0 Å². The summed E-state index contributed by atoms with van der Waals surface area (Å²) in [6.07, 6.45) is -0.0939. The van der Waals surface area contributed by atoms with Crippen LogP contribution in [0, 0.1) is 0 Å². The van der Waals surface area contributed by atoms with Crippen molar-refractivity contribution in [3.8, 4) is 0 Å². The van der Waals surface area contributed by atoms with Crippen LogP contribution in [0.4, 0.5) is 0 Å². The Balaban J connectivity index is 1.57. The molecule has 148 valence electrons. The van der Waals surface area contributed by atoms with E-state index in [4.69, 9.17) is 14.2 Å². The highest BCUT2D eigenvalue weighted by atomic mass is 32.2. The van der Waals surface area contributed by atoms with Crippen molar-refractivity contribution in [1.29, 1.82) is 0 Å². The maximum Gasteiger partial charge on any atom is 0.170 e. The van der Waals surface area contributed by atoms with Crippen molar-refractivity contribution in [2.75, 3.05) is 13.7 Å². The van der Waals surface area contributed by atoms with Gasteiger partial charge >= 0.3 is 0 Å². The second-order valence-electron chi connectivity index (χ2n) is 7.43. The molecule has 2 aliphatic rings. The van der Waals surface area contributed by atoms with Crippen molar-refractivity contribution < 1.29 is 14.2 Å². The van der Waals surface area contributed by atoms with Gasteiger partial charge in [0.25, 0.3) is 0 Å². The zero-order valence-corrected chi connectivity index (χ0v) is 17.1. The minimum absolute atomic E-state index is 0.0328. The number of fused-ring (bicyclic) bond motifs is 1. The van der Waals surface area contributed by atoms with Crippen molar-refractivity contribution >= 4 is 11.8 Å². The molecule has 2 fully saturated rings. The number of hydrogen-bond donors (Lipinski definition) is 0. The molecule has 0 radical (unpaired) electrons. The van der Waals surface area contributed by atoms with Gasteiger partial charge in [-0.25, -0.2) is 0 Å². The molecular weight excluding hydrogens is 380 g/mol. The molecule has 4 heteroatoms. The van der Waals surface area contributed by atoms with E-state index < -0.39 is 5.60 Å². The Morgan fingerprint density at radius 3 is 1.66 bits per heavy atom. The van der Waals surface area contributed by atoms with Gasteiger partial charge < -0.3 is 14.2 Å².